The van der Waals surface area contributed by atoms with Gasteiger partial charge in [0.1, 0.15) is 0 Å². The maximum atomic E-state index is 12.7. The zero-order valence-electron chi connectivity index (χ0n) is 17.6. The normalized spacial score (nSPS) is 16.3. The molecular formula is C21H33ClN2O4. The number of ether oxygens (including phenoxy) is 3. The Morgan fingerprint density at radius 1 is 1.25 bits per heavy atom. The Hall–Kier alpha value is -1.50. The number of carbonyl (C=O) groups is 1. The summed E-state index contributed by atoms with van der Waals surface area (Å²) >= 11 is 6.37. The molecule has 0 aromatic heterocycles. The minimum atomic E-state index is -0.172. The van der Waals surface area contributed by atoms with E-state index in [0.29, 0.717) is 47.1 Å². The van der Waals surface area contributed by atoms with Crippen molar-refractivity contribution in [3.8, 4) is 11.5 Å². The number of nitrogens with zero attached hydrogens (tertiary/aromatic N) is 1. The van der Waals surface area contributed by atoms with Gasteiger partial charge in [0, 0.05) is 31.2 Å². The lowest BCUT2D eigenvalue weighted by molar-refractivity contribution is 0.00672. The molecule has 0 spiro atoms. The smallest absolute Gasteiger partial charge is 0.251 e. The van der Waals surface area contributed by atoms with E-state index in [9.17, 15) is 4.79 Å². The first kappa shape index (κ1) is 22.8. The van der Waals surface area contributed by atoms with Crippen LogP contribution in [0.4, 0.5) is 0 Å². The first-order valence-corrected chi connectivity index (χ1v) is 10.3. The van der Waals surface area contributed by atoms with Crippen LogP contribution in [0, 0.1) is 11.8 Å². The summed E-state index contributed by atoms with van der Waals surface area (Å²) in [4.78, 5) is 15.1. The molecule has 1 N–H and O–H groups in total. The van der Waals surface area contributed by atoms with E-state index in [0.717, 1.165) is 26.3 Å². The third-order valence-corrected chi connectivity index (χ3v) is 5.09. The zero-order valence-corrected chi connectivity index (χ0v) is 18.3. The molecule has 1 saturated heterocycles. The fourth-order valence-corrected chi connectivity index (χ4v) is 3.50. The third-order valence-electron chi connectivity index (χ3n) is 4.81. The average molecular weight is 413 g/mol. The van der Waals surface area contributed by atoms with E-state index in [1.165, 1.54) is 0 Å². The van der Waals surface area contributed by atoms with Crippen molar-refractivity contribution < 1.29 is 19.0 Å². The van der Waals surface area contributed by atoms with Crippen LogP contribution >= 0.6 is 11.6 Å². The molecule has 1 aromatic carbocycles. The molecule has 7 heteroatoms. The molecule has 1 fully saturated rings. The monoisotopic (exact) mass is 412 g/mol. The number of halogens is 1. The van der Waals surface area contributed by atoms with Gasteiger partial charge in [-0.25, -0.2) is 0 Å². The van der Waals surface area contributed by atoms with Gasteiger partial charge in [0.2, 0.25) is 0 Å². The summed E-state index contributed by atoms with van der Waals surface area (Å²) in [6, 6.07) is 3.57. The van der Waals surface area contributed by atoms with Crippen LogP contribution < -0.4 is 14.8 Å². The van der Waals surface area contributed by atoms with Crippen molar-refractivity contribution in [3.63, 3.8) is 0 Å². The van der Waals surface area contributed by atoms with Crippen LogP contribution in [-0.4, -0.2) is 63.4 Å². The lowest BCUT2D eigenvalue weighted by Gasteiger charge is -2.36. The third kappa shape index (κ3) is 6.26. The first-order chi connectivity index (χ1) is 13.3. The zero-order chi connectivity index (χ0) is 20.7. The van der Waals surface area contributed by atoms with Crippen molar-refractivity contribution in [1.82, 2.24) is 10.2 Å². The number of nitrogens with one attached hydrogen (secondary N) is 1. The van der Waals surface area contributed by atoms with E-state index < -0.39 is 0 Å². The number of hydrogen-bond donors (Lipinski definition) is 1. The second kappa shape index (κ2) is 10.9. The SMILES string of the molecule is COc1cc(C(=O)NCC(C(C)C)N2CCOCC2)cc(Cl)c1OCC(C)C. The van der Waals surface area contributed by atoms with Crippen LogP contribution in [0.15, 0.2) is 12.1 Å². The number of rotatable bonds is 9. The topological polar surface area (TPSA) is 60.0 Å². The summed E-state index contributed by atoms with van der Waals surface area (Å²) in [6.45, 7) is 12.8. The summed E-state index contributed by atoms with van der Waals surface area (Å²) in [6.07, 6.45) is 0. The fourth-order valence-electron chi connectivity index (χ4n) is 3.24. The van der Waals surface area contributed by atoms with Crippen LogP contribution in [-0.2, 0) is 4.74 Å². The number of hydrogen-bond acceptors (Lipinski definition) is 5. The van der Waals surface area contributed by atoms with Gasteiger partial charge in [0.25, 0.3) is 5.91 Å². The predicted molar refractivity (Wildman–Crippen MR) is 112 cm³/mol. The molecule has 0 bridgehead atoms. The minimum absolute atomic E-state index is 0.172. The van der Waals surface area contributed by atoms with Gasteiger partial charge in [-0.2, -0.15) is 0 Å². The Morgan fingerprint density at radius 3 is 2.50 bits per heavy atom. The molecule has 158 valence electrons. The Bertz CT molecular complexity index is 646. The summed E-state index contributed by atoms with van der Waals surface area (Å²) in [7, 11) is 1.54. The highest BCUT2D eigenvalue weighted by Crippen LogP contribution is 2.36. The van der Waals surface area contributed by atoms with E-state index in [4.69, 9.17) is 25.8 Å². The highest BCUT2D eigenvalue weighted by atomic mass is 35.5. The molecule has 6 nitrogen and oxygen atoms in total. The molecule has 1 aromatic rings. The molecule has 0 saturated carbocycles. The van der Waals surface area contributed by atoms with Crippen molar-refractivity contribution in [1.29, 1.82) is 0 Å². The molecule has 1 unspecified atom stereocenters. The highest BCUT2D eigenvalue weighted by Gasteiger charge is 2.25. The summed E-state index contributed by atoms with van der Waals surface area (Å²) in [5.74, 6) is 1.55. The van der Waals surface area contributed by atoms with Crippen molar-refractivity contribution >= 4 is 17.5 Å². The second-order valence-electron chi connectivity index (χ2n) is 7.86. The van der Waals surface area contributed by atoms with Gasteiger partial charge < -0.3 is 19.5 Å². The molecule has 0 aliphatic carbocycles. The highest BCUT2D eigenvalue weighted by molar-refractivity contribution is 6.32. The molecule has 1 aliphatic heterocycles. The lowest BCUT2D eigenvalue weighted by Crippen LogP contribution is -2.51. The van der Waals surface area contributed by atoms with Gasteiger partial charge in [-0.15, -0.1) is 0 Å². The Kier molecular flexibility index (Phi) is 8.86. The molecule has 28 heavy (non-hydrogen) atoms. The van der Waals surface area contributed by atoms with Crippen LogP contribution in [0.3, 0.4) is 0 Å². The van der Waals surface area contributed by atoms with Gasteiger partial charge in [-0.1, -0.05) is 39.3 Å². The molecule has 1 atom stereocenters. The summed E-state index contributed by atoms with van der Waals surface area (Å²) < 4.78 is 16.6. The average Bonchev–Trinajstić information content (AvgIpc) is 2.66. The largest absolute Gasteiger partial charge is 0.493 e. The van der Waals surface area contributed by atoms with E-state index in [1.807, 2.05) is 0 Å². The van der Waals surface area contributed by atoms with Gasteiger partial charge in [0.15, 0.2) is 11.5 Å². The van der Waals surface area contributed by atoms with Crippen LogP contribution in [0.1, 0.15) is 38.1 Å². The predicted octanol–water partition coefficient (Wildman–Crippen LogP) is 3.47. The standard InChI is InChI=1S/C21H33ClN2O4/c1-14(2)13-28-20-17(22)10-16(11-19(20)26-5)21(25)23-12-18(15(3)4)24-6-8-27-9-7-24/h10-11,14-15,18H,6-9,12-13H2,1-5H3,(H,23,25). The second-order valence-corrected chi connectivity index (χ2v) is 8.27. The maximum absolute atomic E-state index is 12.7. The Labute approximate surface area is 173 Å². The molecule has 2 rings (SSSR count). The van der Waals surface area contributed by atoms with E-state index in [1.54, 1.807) is 19.2 Å². The number of carbonyl (C=O) groups excluding carboxylic acids is 1. The lowest BCUT2D eigenvalue weighted by atomic mass is 10.0. The van der Waals surface area contributed by atoms with Crippen molar-refractivity contribution in [2.24, 2.45) is 11.8 Å². The van der Waals surface area contributed by atoms with E-state index in [2.05, 4.69) is 37.9 Å². The van der Waals surface area contributed by atoms with E-state index in [-0.39, 0.29) is 11.9 Å². The maximum Gasteiger partial charge on any atom is 0.251 e. The molecule has 0 radical (unpaired) electrons. The molecule has 1 aliphatic rings. The minimum Gasteiger partial charge on any atom is -0.493 e. The van der Waals surface area contributed by atoms with Crippen LogP contribution in [0.5, 0.6) is 11.5 Å². The van der Waals surface area contributed by atoms with Crippen molar-refractivity contribution in [3.05, 3.63) is 22.7 Å². The van der Waals surface area contributed by atoms with Gasteiger partial charge in [-0.3, -0.25) is 9.69 Å². The van der Waals surface area contributed by atoms with Gasteiger partial charge in [0.05, 0.1) is 32.0 Å². The first-order valence-electron chi connectivity index (χ1n) is 9.93. The fraction of sp³-hybridized carbons (Fsp3) is 0.667. The molecule has 1 heterocycles. The summed E-state index contributed by atoms with van der Waals surface area (Å²) in [5.41, 5.74) is 0.461. The van der Waals surface area contributed by atoms with Crippen LogP contribution in [0.2, 0.25) is 5.02 Å². The summed E-state index contributed by atoms with van der Waals surface area (Å²) in [5, 5.41) is 3.42. The van der Waals surface area contributed by atoms with Crippen LogP contribution in [0.25, 0.3) is 0 Å². The number of morpholine rings is 1. The molecular weight excluding hydrogens is 380 g/mol. The van der Waals surface area contributed by atoms with Gasteiger partial charge >= 0.3 is 0 Å². The Morgan fingerprint density at radius 2 is 1.93 bits per heavy atom. The van der Waals surface area contributed by atoms with E-state index >= 15 is 0 Å². The number of benzene rings is 1. The van der Waals surface area contributed by atoms with Gasteiger partial charge in [-0.05, 0) is 24.0 Å². The Balaban J connectivity index is 2.07. The number of amides is 1. The van der Waals surface area contributed by atoms with Crippen molar-refractivity contribution in [2.45, 2.75) is 33.7 Å². The number of methoxy groups -OCH3 is 1. The quantitative estimate of drug-likeness (QED) is 0.673. The molecule has 1 amide bonds. The van der Waals surface area contributed by atoms with Crippen molar-refractivity contribution in [2.75, 3.05) is 46.6 Å².